The molecule has 0 aliphatic carbocycles. The van der Waals surface area contributed by atoms with Gasteiger partial charge < -0.3 is 5.11 Å². The van der Waals surface area contributed by atoms with Crippen molar-refractivity contribution in [3.8, 4) is 11.1 Å². The Morgan fingerprint density at radius 1 is 1.07 bits per heavy atom. The molecule has 29 heavy (non-hydrogen) atoms. The number of hydroxylamine groups is 1. The number of amides is 1. The number of hydrogen-bond acceptors (Lipinski definition) is 5. The van der Waals surface area contributed by atoms with Gasteiger partial charge in [-0.2, -0.15) is 0 Å². The van der Waals surface area contributed by atoms with E-state index in [4.69, 9.17) is 10.3 Å². The number of carbonyl (C=O) groups excluding carboxylic acids is 1. The molecule has 0 radical (unpaired) electrons. The zero-order valence-electron chi connectivity index (χ0n) is 16.6. The van der Waals surface area contributed by atoms with E-state index in [1.54, 1.807) is 0 Å². The van der Waals surface area contributed by atoms with Crippen LogP contribution in [0.15, 0.2) is 54.6 Å². The van der Waals surface area contributed by atoms with E-state index in [1.807, 2.05) is 60.7 Å². The predicted octanol–water partition coefficient (Wildman–Crippen LogP) is 2.99. The number of carbonyl (C=O) groups is 1. The highest BCUT2D eigenvalue weighted by atomic mass is 32.2. The maximum Gasteiger partial charge on any atom is 0.264 e. The lowest BCUT2D eigenvalue weighted by Gasteiger charge is -2.25. The third-order valence-electron chi connectivity index (χ3n) is 5.09. The molecule has 7 heteroatoms. The number of benzene rings is 2. The Bertz CT molecular complexity index is 950. The van der Waals surface area contributed by atoms with Crippen LogP contribution in [0.25, 0.3) is 17.2 Å². The molecule has 156 valence electrons. The number of hydrogen-bond donors (Lipinski definition) is 3. The minimum absolute atomic E-state index is 0.0619. The van der Waals surface area contributed by atoms with Crippen molar-refractivity contribution in [1.29, 1.82) is 0 Å². The van der Waals surface area contributed by atoms with Crippen LogP contribution in [0.3, 0.4) is 0 Å². The van der Waals surface area contributed by atoms with E-state index in [1.165, 1.54) is 12.4 Å². The fourth-order valence-electron chi connectivity index (χ4n) is 2.91. The molecule has 0 spiro atoms. The summed E-state index contributed by atoms with van der Waals surface area (Å²) in [5, 5.41) is 17.7. The Balaban J connectivity index is 2.09. The first-order valence-corrected chi connectivity index (χ1v) is 11.2. The fourth-order valence-corrected chi connectivity index (χ4v) is 3.77. The van der Waals surface area contributed by atoms with Crippen molar-refractivity contribution in [2.24, 2.45) is 0 Å². The van der Waals surface area contributed by atoms with Crippen LogP contribution >= 0.6 is 0 Å². The summed E-state index contributed by atoms with van der Waals surface area (Å²) in [4.78, 5) is 11.9. The van der Waals surface area contributed by atoms with Crippen molar-refractivity contribution in [3.63, 3.8) is 0 Å². The number of sulfone groups is 1. The van der Waals surface area contributed by atoms with E-state index >= 15 is 0 Å². The second-order valence-corrected chi connectivity index (χ2v) is 9.62. The molecule has 0 aliphatic heterocycles. The molecule has 1 atom stereocenters. The second-order valence-electron chi connectivity index (χ2n) is 7.18. The third kappa shape index (κ3) is 5.76. The van der Waals surface area contributed by atoms with E-state index in [2.05, 4.69) is 0 Å². The standard InChI is InChI=1S/C22H27NO5S/c1-22(21(25)23-26,29(2,27)28)15-14-18-8-12-20(13-9-18)19-10-6-17(7-11-19)5-3-4-16-24/h3,5-13,24,26H,4,14-16H2,1-2H3,(H,23,25). The SMILES string of the molecule is CC(CCc1ccc(-c2ccc(C=CCCO)cc2)cc1)(C(=O)NO)S(C)(=O)=O. The van der Waals surface area contributed by atoms with Crippen LogP contribution in [0.1, 0.15) is 30.9 Å². The van der Waals surface area contributed by atoms with Gasteiger partial charge in [0.2, 0.25) is 0 Å². The van der Waals surface area contributed by atoms with E-state index in [0.717, 1.165) is 28.5 Å². The highest BCUT2D eigenvalue weighted by Gasteiger charge is 2.43. The summed E-state index contributed by atoms with van der Waals surface area (Å²) in [6.45, 7) is 1.45. The van der Waals surface area contributed by atoms with Crippen molar-refractivity contribution < 1.29 is 23.5 Å². The lowest BCUT2D eigenvalue weighted by atomic mass is 9.97. The second kappa shape index (κ2) is 9.82. The molecule has 0 bridgehead atoms. The zero-order valence-corrected chi connectivity index (χ0v) is 17.4. The summed E-state index contributed by atoms with van der Waals surface area (Å²) in [6.07, 6.45) is 5.95. The highest BCUT2D eigenvalue weighted by Crippen LogP contribution is 2.25. The van der Waals surface area contributed by atoms with Crippen molar-refractivity contribution >= 4 is 21.8 Å². The maximum absolute atomic E-state index is 12.0. The number of aliphatic hydroxyl groups excluding tert-OH is 1. The summed E-state index contributed by atoms with van der Waals surface area (Å²) in [6, 6.07) is 15.8. The summed E-state index contributed by atoms with van der Waals surface area (Å²) in [5.41, 5.74) is 5.50. The first kappa shape index (κ1) is 22.8. The van der Waals surface area contributed by atoms with Crippen LogP contribution in [0, 0.1) is 0 Å². The predicted molar refractivity (Wildman–Crippen MR) is 114 cm³/mol. The van der Waals surface area contributed by atoms with E-state index in [9.17, 15) is 13.2 Å². The smallest absolute Gasteiger partial charge is 0.264 e. The lowest BCUT2D eigenvalue weighted by molar-refractivity contribution is -0.131. The van der Waals surface area contributed by atoms with Crippen LogP contribution in [0.4, 0.5) is 0 Å². The average molecular weight is 418 g/mol. The first-order chi connectivity index (χ1) is 13.7. The molecule has 6 nitrogen and oxygen atoms in total. The largest absolute Gasteiger partial charge is 0.396 e. The molecule has 0 saturated carbocycles. The van der Waals surface area contributed by atoms with Crippen molar-refractivity contribution in [2.75, 3.05) is 12.9 Å². The fraction of sp³-hybridized carbons (Fsp3) is 0.318. The zero-order chi connectivity index (χ0) is 21.5. The molecule has 1 unspecified atom stereocenters. The van der Waals surface area contributed by atoms with Gasteiger partial charge in [-0.1, -0.05) is 60.7 Å². The summed E-state index contributed by atoms with van der Waals surface area (Å²) >= 11 is 0. The Morgan fingerprint density at radius 2 is 1.62 bits per heavy atom. The topological polar surface area (TPSA) is 104 Å². The minimum atomic E-state index is -3.70. The number of aliphatic hydroxyl groups is 1. The van der Waals surface area contributed by atoms with Gasteiger partial charge in [-0.3, -0.25) is 10.0 Å². The van der Waals surface area contributed by atoms with Crippen LogP contribution < -0.4 is 5.48 Å². The van der Waals surface area contributed by atoms with Gasteiger partial charge in [0.25, 0.3) is 5.91 Å². The first-order valence-electron chi connectivity index (χ1n) is 9.32. The number of aryl methyl sites for hydroxylation is 1. The quantitative estimate of drug-likeness (QED) is 0.430. The molecule has 0 aromatic heterocycles. The Hall–Kier alpha value is -2.48. The average Bonchev–Trinajstić information content (AvgIpc) is 2.71. The number of rotatable bonds is 9. The Kier molecular flexibility index (Phi) is 7.73. The van der Waals surface area contributed by atoms with Gasteiger partial charge in [-0.15, -0.1) is 0 Å². The van der Waals surface area contributed by atoms with Gasteiger partial charge in [0.1, 0.15) is 4.75 Å². The van der Waals surface area contributed by atoms with Crippen LogP contribution in [0.5, 0.6) is 0 Å². The molecule has 0 saturated heterocycles. The van der Waals surface area contributed by atoms with E-state index in [0.29, 0.717) is 12.8 Å². The van der Waals surface area contributed by atoms with Crippen LogP contribution in [-0.4, -0.2) is 42.2 Å². The summed E-state index contributed by atoms with van der Waals surface area (Å²) < 4.78 is 22.4. The Morgan fingerprint density at radius 3 is 2.10 bits per heavy atom. The van der Waals surface area contributed by atoms with Gasteiger partial charge in [0, 0.05) is 12.9 Å². The van der Waals surface area contributed by atoms with Crippen molar-refractivity contribution in [3.05, 3.63) is 65.7 Å². The molecule has 2 rings (SSSR count). The third-order valence-corrected chi connectivity index (χ3v) is 7.12. The summed E-state index contributed by atoms with van der Waals surface area (Å²) in [7, 11) is -3.70. The lowest BCUT2D eigenvalue weighted by Crippen LogP contribution is -2.49. The molecular weight excluding hydrogens is 390 g/mol. The summed E-state index contributed by atoms with van der Waals surface area (Å²) in [5.74, 6) is -0.926. The Labute approximate surface area is 171 Å². The molecule has 2 aromatic rings. The molecule has 0 heterocycles. The normalized spacial score (nSPS) is 13.9. The van der Waals surface area contributed by atoms with E-state index < -0.39 is 20.5 Å². The molecule has 3 N–H and O–H groups in total. The number of nitrogens with one attached hydrogen (secondary N) is 1. The van der Waals surface area contributed by atoms with Crippen molar-refractivity contribution in [1.82, 2.24) is 5.48 Å². The maximum atomic E-state index is 12.0. The van der Waals surface area contributed by atoms with Crippen LogP contribution in [0.2, 0.25) is 0 Å². The van der Waals surface area contributed by atoms with Gasteiger partial charge in [0.05, 0.1) is 0 Å². The highest BCUT2D eigenvalue weighted by molar-refractivity contribution is 7.92. The minimum Gasteiger partial charge on any atom is -0.396 e. The van der Waals surface area contributed by atoms with Gasteiger partial charge in [0.15, 0.2) is 9.84 Å². The van der Waals surface area contributed by atoms with E-state index in [-0.39, 0.29) is 13.0 Å². The van der Waals surface area contributed by atoms with Crippen LogP contribution in [-0.2, 0) is 21.1 Å². The van der Waals surface area contributed by atoms with Gasteiger partial charge in [-0.25, -0.2) is 13.9 Å². The molecule has 1 amide bonds. The van der Waals surface area contributed by atoms with Gasteiger partial charge >= 0.3 is 0 Å². The van der Waals surface area contributed by atoms with Crippen molar-refractivity contribution in [2.45, 2.75) is 30.9 Å². The monoisotopic (exact) mass is 417 g/mol. The molecule has 0 aliphatic rings. The van der Waals surface area contributed by atoms with Gasteiger partial charge in [-0.05, 0) is 48.4 Å². The molecule has 2 aromatic carbocycles. The molecular formula is C22H27NO5S. The molecule has 0 fully saturated rings.